The van der Waals surface area contributed by atoms with Crippen LogP contribution in [0.1, 0.15) is 11.1 Å². The molecule has 0 amide bonds. The van der Waals surface area contributed by atoms with E-state index in [1.54, 1.807) is 12.4 Å². The van der Waals surface area contributed by atoms with Gasteiger partial charge in [-0.25, -0.2) is 9.98 Å². The van der Waals surface area contributed by atoms with Crippen LogP contribution >= 0.6 is 11.6 Å². The average molecular weight is 231 g/mol. The summed E-state index contributed by atoms with van der Waals surface area (Å²) in [5.41, 5.74) is 2.04. The van der Waals surface area contributed by atoms with Gasteiger partial charge in [0.15, 0.2) is 5.82 Å². The molecule has 0 saturated carbocycles. The Morgan fingerprint density at radius 1 is 1.25 bits per heavy atom. The molecule has 0 fully saturated rings. The maximum Gasteiger partial charge on any atom is 0.151 e. The third-order valence-electron chi connectivity index (χ3n) is 2.14. The minimum atomic E-state index is 0.693. The van der Waals surface area contributed by atoms with Gasteiger partial charge in [0.2, 0.25) is 0 Å². The van der Waals surface area contributed by atoms with E-state index in [4.69, 9.17) is 11.6 Å². The second-order valence-corrected chi connectivity index (χ2v) is 3.88. The summed E-state index contributed by atoms with van der Waals surface area (Å²) in [5.74, 6) is 0.694. The third kappa shape index (κ3) is 2.67. The van der Waals surface area contributed by atoms with E-state index in [-0.39, 0.29) is 0 Å². The molecule has 0 atom stereocenters. The molecular formula is C13H11ClN2. The van der Waals surface area contributed by atoms with E-state index in [0.717, 1.165) is 11.1 Å². The van der Waals surface area contributed by atoms with Crippen molar-refractivity contribution < 1.29 is 0 Å². The highest BCUT2D eigenvalue weighted by Gasteiger charge is 1.95. The molecule has 0 bridgehead atoms. The first-order chi connectivity index (χ1) is 7.75. The Morgan fingerprint density at radius 3 is 2.81 bits per heavy atom. The largest absolute Gasteiger partial charge is 0.237 e. The first-order valence-electron chi connectivity index (χ1n) is 4.97. The lowest BCUT2D eigenvalue weighted by atomic mass is 10.2. The summed E-state index contributed by atoms with van der Waals surface area (Å²) in [6, 6.07) is 11.4. The van der Waals surface area contributed by atoms with E-state index in [9.17, 15) is 0 Å². The van der Waals surface area contributed by atoms with Crippen molar-refractivity contribution >= 4 is 23.6 Å². The fourth-order valence-corrected chi connectivity index (χ4v) is 1.49. The lowest BCUT2D eigenvalue weighted by Crippen LogP contribution is -1.82. The zero-order valence-corrected chi connectivity index (χ0v) is 9.65. The Morgan fingerprint density at radius 2 is 2.06 bits per heavy atom. The molecule has 16 heavy (non-hydrogen) atoms. The molecule has 2 aromatic rings. The third-order valence-corrected chi connectivity index (χ3v) is 2.49. The molecule has 80 valence electrons. The average Bonchev–Trinajstić information content (AvgIpc) is 2.28. The van der Waals surface area contributed by atoms with E-state index >= 15 is 0 Å². The summed E-state index contributed by atoms with van der Waals surface area (Å²) < 4.78 is 0. The first kappa shape index (κ1) is 10.8. The summed E-state index contributed by atoms with van der Waals surface area (Å²) in [7, 11) is 0. The van der Waals surface area contributed by atoms with Crippen molar-refractivity contribution in [2.45, 2.75) is 6.92 Å². The summed E-state index contributed by atoms with van der Waals surface area (Å²) in [5, 5.41) is 0.693. The van der Waals surface area contributed by atoms with E-state index < -0.39 is 0 Å². The van der Waals surface area contributed by atoms with Crippen LogP contribution in [0.4, 0.5) is 5.82 Å². The van der Waals surface area contributed by atoms with Crippen LogP contribution in [0.2, 0.25) is 5.02 Å². The molecule has 3 heteroatoms. The van der Waals surface area contributed by atoms with Gasteiger partial charge in [0.05, 0.1) is 0 Å². The van der Waals surface area contributed by atoms with Gasteiger partial charge in [-0.15, -0.1) is 0 Å². The quantitative estimate of drug-likeness (QED) is 0.721. The fourth-order valence-electron chi connectivity index (χ4n) is 1.31. The SMILES string of the molecule is Cc1ccnc(N=Cc2ccccc2Cl)c1. The van der Waals surface area contributed by atoms with Crippen LogP contribution in [-0.4, -0.2) is 11.2 Å². The monoisotopic (exact) mass is 230 g/mol. The van der Waals surface area contributed by atoms with E-state index in [0.29, 0.717) is 10.8 Å². The second kappa shape index (κ2) is 4.90. The van der Waals surface area contributed by atoms with Crippen LogP contribution in [0, 0.1) is 6.92 Å². The topological polar surface area (TPSA) is 25.2 Å². The van der Waals surface area contributed by atoms with Crippen LogP contribution in [0.5, 0.6) is 0 Å². The highest BCUT2D eigenvalue weighted by atomic mass is 35.5. The van der Waals surface area contributed by atoms with Crippen molar-refractivity contribution in [2.24, 2.45) is 4.99 Å². The molecule has 1 heterocycles. The molecule has 0 saturated heterocycles. The zero-order valence-electron chi connectivity index (χ0n) is 8.89. The molecular weight excluding hydrogens is 220 g/mol. The predicted molar refractivity (Wildman–Crippen MR) is 67.7 cm³/mol. The fraction of sp³-hybridized carbons (Fsp3) is 0.0769. The van der Waals surface area contributed by atoms with Gasteiger partial charge in [0.25, 0.3) is 0 Å². The van der Waals surface area contributed by atoms with Crippen LogP contribution in [0.25, 0.3) is 0 Å². The van der Waals surface area contributed by atoms with Gasteiger partial charge < -0.3 is 0 Å². The molecule has 0 radical (unpaired) electrons. The van der Waals surface area contributed by atoms with E-state index in [1.165, 1.54) is 0 Å². The normalized spacial score (nSPS) is 10.9. The Hall–Kier alpha value is -1.67. The van der Waals surface area contributed by atoms with Gasteiger partial charge in [-0.05, 0) is 30.7 Å². The molecule has 0 aliphatic carbocycles. The number of rotatable bonds is 2. The van der Waals surface area contributed by atoms with E-state index in [2.05, 4.69) is 9.98 Å². The maximum atomic E-state index is 6.01. The number of hydrogen-bond acceptors (Lipinski definition) is 2. The molecule has 1 aromatic carbocycles. The van der Waals surface area contributed by atoms with Gasteiger partial charge >= 0.3 is 0 Å². The van der Waals surface area contributed by atoms with Gasteiger partial charge in [-0.1, -0.05) is 29.8 Å². The number of halogens is 1. The molecule has 1 aromatic heterocycles. The molecule has 0 aliphatic rings. The van der Waals surface area contributed by atoms with Crippen LogP contribution < -0.4 is 0 Å². The molecule has 0 spiro atoms. The van der Waals surface area contributed by atoms with Gasteiger partial charge in [0, 0.05) is 23.0 Å². The second-order valence-electron chi connectivity index (χ2n) is 3.47. The Bertz CT molecular complexity index is 521. The lowest BCUT2D eigenvalue weighted by molar-refractivity contribution is 1.25. The van der Waals surface area contributed by atoms with Crippen molar-refractivity contribution in [3.05, 3.63) is 58.7 Å². The number of aryl methyl sites for hydroxylation is 1. The number of benzene rings is 1. The van der Waals surface area contributed by atoms with Crippen molar-refractivity contribution in [1.29, 1.82) is 0 Å². The number of pyridine rings is 1. The molecule has 0 aliphatic heterocycles. The molecule has 0 unspecified atom stereocenters. The first-order valence-corrected chi connectivity index (χ1v) is 5.35. The van der Waals surface area contributed by atoms with Gasteiger partial charge in [-0.2, -0.15) is 0 Å². The smallest absolute Gasteiger partial charge is 0.151 e. The van der Waals surface area contributed by atoms with Crippen LogP contribution in [0.3, 0.4) is 0 Å². The summed E-state index contributed by atoms with van der Waals surface area (Å²) in [6.45, 7) is 2.01. The predicted octanol–water partition coefficient (Wildman–Crippen LogP) is 3.79. The molecule has 2 rings (SSSR count). The summed E-state index contributed by atoms with van der Waals surface area (Å²) in [6.07, 6.45) is 3.47. The van der Waals surface area contributed by atoms with Gasteiger partial charge in [-0.3, -0.25) is 0 Å². The Labute approximate surface area is 99.6 Å². The van der Waals surface area contributed by atoms with Crippen LogP contribution in [-0.2, 0) is 0 Å². The zero-order chi connectivity index (χ0) is 11.4. The van der Waals surface area contributed by atoms with Crippen molar-refractivity contribution in [3.8, 4) is 0 Å². The number of aliphatic imine (C=N–C) groups is 1. The number of nitrogens with zero attached hydrogens (tertiary/aromatic N) is 2. The summed E-state index contributed by atoms with van der Waals surface area (Å²) in [4.78, 5) is 8.42. The molecule has 0 N–H and O–H groups in total. The van der Waals surface area contributed by atoms with E-state index in [1.807, 2.05) is 43.3 Å². The number of hydrogen-bond donors (Lipinski definition) is 0. The van der Waals surface area contributed by atoms with Crippen molar-refractivity contribution in [3.63, 3.8) is 0 Å². The van der Waals surface area contributed by atoms with Gasteiger partial charge in [0.1, 0.15) is 0 Å². The Kier molecular flexibility index (Phi) is 3.32. The summed E-state index contributed by atoms with van der Waals surface area (Å²) >= 11 is 6.01. The minimum Gasteiger partial charge on any atom is -0.237 e. The van der Waals surface area contributed by atoms with Crippen LogP contribution in [0.15, 0.2) is 47.6 Å². The van der Waals surface area contributed by atoms with Crippen molar-refractivity contribution in [2.75, 3.05) is 0 Å². The Balaban J connectivity index is 2.25. The number of aromatic nitrogens is 1. The maximum absolute atomic E-state index is 6.01. The standard InChI is InChI=1S/C13H11ClN2/c1-10-6-7-15-13(8-10)16-9-11-4-2-3-5-12(11)14/h2-9H,1H3. The lowest BCUT2D eigenvalue weighted by Gasteiger charge is -1.97. The highest BCUT2D eigenvalue weighted by molar-refractivity contribution is 6.33. The molecule has 2 nitrogen and oxygen atoms in total. The van der Waals surface area contributed by atoms with Crippen molar-refractivity contribution in [1.82, 2.24) is 4.98 Å². The highest BCUT2D eigenvalue weighted by Crippen LogP contribution is 2.14. The minimum absolute atomic E-state index is 0.693.